The Balaban J connectivity index is 3.37. The average molecular weight is 1200 g/mol. The molecule has 6 nitrogen and oxygen atoms in total. The van der Waals surface area contributed by atoms with E-state index < -0.39 is 12.1 Å². The standard InChI is InChI=1S/C79H153NO5/c1-3-5-7-9-11-13-15-17-19-21-22-23-30-33-36-40-43-47-51-55-59-63-67-71-77(82)76(75-81)80-78(83)72-68-64-60-56-52-48-44-41-37-34-31-28-26-24-25-27-29-32-35-38-42-46-50-54-58-62-66-70-74-85-79(84)73-69-65-61-57-53-49-45-39-20-18-16-14-12-10-8-6-4-2/h18,20,24-25,76-77,81-82H,3-17,19,21-23,26-75H2,1-2H3,(H,80,83)/b20-18-,25-24-. The van der Waals surface area contributed by atoms with Gasteiger partial charge in [-0.15, -0.1) is 0 Å². The van der Waals surface area contributed by atoms with Crippen molar-refractivity contribution in [2.24, 2.45) is 0 Å². The quantitative estimate of drug-likeness (QED) is 0.0320. The highest BCUT2D eigenvalue weighted by molar-refractivity contribution is 5.76. The molecule has 85 heavy (non-hydrogen) atoms. The van der Waals surface area contributed by atoms with Crippen LogP contribution in [0.2, 0.25) is 0 Å². The Kier molecular flexibility index (Phi) is 73.3. The Bertz CT molecular complexity index is 1330. The van der Waals surface area contributed by atoms with E-state index in [1.807, 2.05) is 0 Å². The molecular formula is C79H153NO5. The second-order valence-corrected chi connectivity index (χ2v) is 27.0. The minimum absolute atomic E-state index is 0.0136. The second kappa shape index (κ2) is 74.8. The van der Waals surface area contributed by atoms with Gasteiger partial charge in [0, 0.05) is 12.8 Å². The molecule has 0 aromatic rings. The lowest BCUT2D eigenvalue weighted by atomic mass is 10.0. The number of aliphatic hydroxyl groups excluding tert-OH is 2. The molecule has 0 aliphatic rings. The summed E-state index contributed by atoms with van der Waals surface area (Å²) in [4.78, 5) is 24.7. The molecule has 0 saturated heterocycles. The summed E-state index contributed by atoms with van der Waals surface area (Å²) in [5.74, 6) is -0.0159. The van der Waals surface area contributed by atoms with Crippen molar-refractivity contribution in [2.45, 2.75) is 456 Å². The fourth-order valence-corrected chi connectivity index (χ4v) is 12.5. The molecule has 2 unspecified atom stereocenters. The van der Waals surface area contributed by atoms with E-state index in [1.54, 1.807) is 0 Å². The maximum absolute atomic E-state index is 12.6. The summed E-state index contributed by atoms with van der Waals surface area (Å²) >= 11 is 0. The van der Waals surface area contributed by atoms with Crippen molar-refractivity contribution in [1.29, 1.82) is 0 Å². The van der Waals surface area contributed by atoms with Gasteiger partial charge in [-0.1, -0.05) is 378 Å². The highest BCUT2D eigenvalue weighted by atomic mass is 16.5. The largest absolute Gasteiger partial charge is 0.466 e. The summed E-state index contributed by atoms with van der Waals surface area (Å²) in [6, 6.07) is -0.543. The van der Waals surface area contributed by atoms with Crippen LogP contribution < -0.4 is 5.32 Å². The van der Waals surface area contributed by atoms with Crippen LogP contribution in [-0.4, -0.2) is 47.4 Å². The van der Waals surface area contributed by atoms with Crippen molar-refractivity contribution in [3.05, 3.63) is 24.3 Å². The first-order chi connectivity index (χ1) is 42.0. The van der Waals surface area contributed by atoms with Gasteiger partial charge < -0.3 is 20.3 Å². The first-order valence-electron chi connectivity index (χ1n) is 39.1. The van der Waals surface area contributed by atoms with Crippen LogP contribution in [0.25, 0.3) is 0 Å². The zero-order valence-electron chi connectivity index (χ0n) is 57.9. The number of hydrogen-bond donors (Lipinski definition) is 3. The van der Waals surface area contributed by atoms with Crippen molar-refractivity contribution in [2.75, 3.05) is 13.2 Å². The maximum Gasteiger partial charge on any atom is 0.305 e. The van der Waals surface area contributed by atoms with Crippen LogP contribution >= 0.6 is 0 Å². The van der Waals surface area contributed by atoms with Crippen molar-refractivity contribution >= 4 is 11.9 Å². The fraction of sp³-hybridized carbons (Fsp3) is 0.924. The summed E-state index contributed by atoms with van der Waals surface area (Å²) in [5, 5.41) is 23.5. The lowest BCUT2D eigenvalue weighted by Gasteiger charge is -2.22. The summed E-state index contributed by atoms with van der Waals surface area (Å²) in [5.41, 5.74) is 0. The second-order valence-electron chi connectivity index (χ2n) is 27.0. The van der Waals surface area contributed by atoms with E-state index in [0.717, 1.165) is 44.9 Å². The minimum Gasteiger partial charge on any atom is -0.466 e. The average Bonchev–Trinajstić information content (AvgIpc) is 3.51. The molecule has 0 bridgehead atoms. The number of amides is 1. The van der Waals surface area contributed by atoms with Crippen LogP contribution in [0, 0.1) is 0 Å². The van der Waals surface area contributed by atoms with Gasteiger partial charge in [-0.3, -0.25) is 9.59 Å². The van der Waals surface area contributed by atoms with E-state index in [2.05, 4.69) is 43.5 Å². The molecule has 0 rings (SSSR count). The third kappa shape index (κ3) is 71.3. The first kappa shape index (κ1) is 83.3. The number of carbonyl (C=O) groups is 2. The number of hydrogen-bond acceptors (Lipinski definition) is 5. The number of ether oxygens (including phenoxy) is 1. The number of nitrogens with one attached hydrogen (secondary N) is 1. The van der Waals surface area contributed by atoms with Crippen molar-refractivity contribution in [3.8, 4) is 0 Å². The normalized spacial score (nSPS) is 12.6. The monoisotopic (exact) mass is 1200 g/mol. The predicted octanol–water partition coefficient (Wildman–Crippen LogP) is 25.7. The minimum atomic E-state index is -0.666. The Morgan fingerprint density at radius 3 is 0.835 bits per heavy atom. The van der Waals surface area contributed by atoms with Gasteiger partial charge in [0.05, 0.1) is 25.4 Å². The van der Waals surface area contributed by atoms with E-state index in [0.29, 0.717) is 25.9 Å². The van der Waals surface area contributed by atoms with Gasteiger partial charge in [-0.05, 0) is 77.0 Å². The smallest absolute Gasteiger partial charge is 0.305 e. The number of carbonyl (C=O) groups excluding carboxylic acids is 2. The Labute approximate surface area is 532 Å². The fourth-order valence-electron chi connectivity index (χ4n) is 12.5. The summed E-state index contributed by atoms with van der Waals surface area (Å²) < 4.78 is 5.51. The SMILES string of the molecule is CCCCCCCC/C=C\CCCCCCCCCC(=O)OCCCCCCCCCCCCCC/C=C\CCCCCCCCCCCCCCC(=O)NC(CO)C(O)CCCCCCCCCCCCCCCCCCCCCCCCC. The molecule has 2 atom stereocenters. The van der Waals surface area contributed by atoms with E-state index in [-0.39, 0.29) is 18.5 Å². The van der Waals surface area contributed by atoms with Gasteiger partial charge in [0.15, 0.2) is 0 Å². The predicted molar refractivity (Wildman–Crippen MR) is 375 cm³/mol. The molecule has 0 aromatic heterocycles. The lowest BCUT2D eigenvalue weighted by molar-refractivity contribution is -0.143. The van der Waals surface area contributed by atoms with Gasteiger partial charge in [-0.25, -0.2) is 0 Å². The molecule has 504 valence electrons. The van der Waals surface area contributed by atoms with Gasteiger partial charge in [0.2, 0.25) is 5.91 Å². The summed E-state index contributed by atoms with van der Waals surface area (Å²) in [7, 11) is 0. The zero-order chi connectivity index (χ0) is 61.3. The van der Waals surface area contributed by atoms with Crippen LogP contribution in [0.4, 0.5) is 0 Å². The molecule has 0 spiro atoms. The molecular weight excluding hydrogens is 1040 g/mol. The van der Waals surface area contributed by atoms with Gasteiger partial charge in [0.1, 0.15) is 0 Å². The number of rotatable bonds is 74. The van der Waals surface area contributed by atoms with Gasteiger partial charge >= 0.3 is 5.97 Å². The zero-order valence-corrected chi connectivity index (χ0v) is 57.9. The molecule has 0 heterocycles. The molecule has 0 saturated carbocycles. The third-order valence-electron chi connectivity index (χ3n) is 18.5. The van der Waals surface area contributed by atoms with Gasteiger partial charge in [-0.2, -0.15) is 0 Å². The van der Waals surface area contributed by atoms with E-state index >= 15 is 0 Å². The topological polar surface area (TPSA) is 95.9 Å². The highest BCUT2D eigenvalue weighted by Crippen LogP contribution is 2.20. The maximum atomic E-state index is 12.6. The van der Waals surface area contributed by atoms with Crippen LogP contribution in [0.5, 0.6) is 0 Å². The Morgan fingerprint density at radius 2 is 0.553 bits per heavy atom. The van der Waals surface area contributed by atoms with Crippen LogP contribution in [0.1, 0.15) is 444 Å². The van der Waals surface area contributed by atoms with Crippen LogP contribution in [0.3, 0.4) is 0 Å². The molecule has 3 N–H and O–H groups in total. The molecule has 0 fully saturated rings. The molecule has 0 radical (unpaired) electrons. The number of esters is 1. The highest BCUT2D eigenvalue weighted by Gasteiger charge is 2.20. The summed E-state index contributed by atoms with van der Waals surface area (Å²) in [6.45, 7) is 5.00. The van der Waals surface area contributed by atoms with Crippen LogP contribution in [-0.2, 0) is 14.3 Å². The van der Waals surface area contributed by atoms with Gasteiger partial charge in [0.25, 0.3) is 0 Å². The molecule has 6 heteroatoms. The number of unbranched alkanes of at least 4 members (excludes halogenated alkanes) is 59. The van der Waals surface area contributed by atoms with Crippen LogP contribution in [0.15, 0.2) is 24.3 Å². The Morgan fingerprint density at radius 1 is 0.318 bits per heavy atom. The van der Waals surface area contributed by atoms with Crippen molar-refractivity contribution in [1.82, 2.24) is 5.32 Å². The molecule has 0 aliphatic carbocycles. The molecule has 0 aromatic carbocycles. The molecule has 1 amide bonds. The van der Waals surface area contributed by atoms with Crippen molar-refractivity contribution in [3.63, 3.8) is 0 Å². The first-order valence-corrected chi connectivity index (χ1v) is 39.1. The van der Waals surface area contributed by atoms with E-state index in [1.165, 1.54) is 366 Å². The third-order valence-corrected chi connectivity index (χ3v) is 18.5. The number of aliphatic hydroxyl groups is 2. The van der Waals surface area contributed by atoms with E-state index in [9.17, 15) is 19.8 Å². The molecule has 0 aliphatic heterocycles. The Hall–Kier alpha value is -1.66. The summed E-state index contributed by atoms with van der Waals surface area (Å²) in [6.07, 6.45) is 95.4. The lowest BCUT2D eigenvalue weighted by Crippen LogP contribution is -2.45. The van der Waals surface area contributed by atoms with E-state index in [4.69, 9.17) is 4.74 Å². The van der Waals surface area contributed by atoms with Crippen molar-refractivity contribution < 1.29 is 24.5 Å². The number of allylic oxidation sites excluding steroid dienone is 4.